The van der Waals surface area contributed by atoms with Gasteiger partial charge in [-0.05, 0) is 81.6 Å². The molecule has 5 aromatic heterocycles. The van der Waals surface area contributed by atoms with Gasteiger partial charge in [0.15, 0.2) is 0 Å². The summed E-state index contributed by atoms with van der Waals surface area (Å²) in [4.78, 5) is 19.8. The number of hydrogen-bond donors (Lipinski definition) is 0. The van der Waals surface area contributed by atoms with Crippen LogP contribution in [0.15, 0.2) is 176 Å². The highest BCUT2D eigenvalue weighted by Gasteiger charge is 2.17. The standard InChI is InChI=1S/C48H29N5/c1-2-9-30(10-3-1)43-29-53-24-21-40-44(48(53)52-43)39-14-4-5-16-42(39)51-45(40)36-12-6-11-31(27-36)32-17-18-34-26-35(20-19-33(34)25-32)41-28-37-13-7-22-49-46(37)47-38(41)15-8-23-50-47/h1-29H. The van der Waals surface area contributed by atoms with Gasteiger partial charge in [-0.1, -0.05) is 103 Å². The Morgan fingerprint density at radius 2 is 1.15 bits per heavy atom. The molecule has 0 N–H and O–H groups in total. The molecule has 0 unspecified atom stereocenters. The molecular formula is C48H29N5. The molecule has 0 amide bonds. The first-order valence-electron chi connectivity index (χ1n) is 17.8. The van der Waals surface area contributed by atoms with Crippen LogP contribution < -0.4 is 0 Å². The van der Waals surface area contributed by atoms with Crippen LogP contribution in [-0.2, 0) is 0 Å². The molecule has 5 heterocycles. The van der Waals surface area contributed by atoms with E-state index in [0.29, 0.717) is 0 Å². The minimum absolute atomic E-state index is 0.927. The van der Waals surface area contributed by atoms with Crippen LogP contribution in [0.25, 0.3) is 105 Å². The van der Waals surface area contributed by atoms with Crippen molar-refractivity contribution >= 4 is 59.9 Å². The highest BCUT2D eigenvalue weighted by Crippen LogP contribution is 2.38. The van der Waals surface area contributed by atoms with E-state index in [0.717, 1.165) is 93.9 Å². The van der Waals surface area contributed by atoms with Gasteiger partial charge in [0.2, 0.25) is 0 Å². The molecule has 53 heavy (non-hydrogen) atoms. The molecule has 11 rings (SSSR count). The summed E-state index contributed by atoms with van der Waals surface area (Å²) >= 11 is 0. The monoisotopic (exact) mass is 675 g/mol. The van der Waals surface area contributed by atoms with Crippen molar-refractivity contribution in [2.75, 3.05) is 0 Å². The van der Waals surface area contributed by atoms with Gasteiger partial charge in [-0.2, -0.15) is 0 Å². The van der Waals surface area contributed by atoms with Crippen molar-refractivity contribution in [3.8, 4) is 44.8 Å². The molecule has 6 aromatic carbocycles. The maximum Gasteiger partial charge on any atom is 0.146 e. The lowest BCUT2D eigenvalue weighted by Gasteiger charge is -2.13. The summed E-state index contributed by atoms with van der Waals surface area (Å²) in [5.41, 5.74) is 12.4. The van der Waals surface area contributed by atoms with Crippen molar-refractivity contribution in [2.45, 2.75) is 0 Å². The summed E-state index contributed by atoms with van der Waals surface area (Å²) in [6.07, 6.45) is 7.89. The second kappa shape index (κ2) is 11.7. The Hall–Kier alpha value is -7.24. The van der Waals surface area contributed by atoms with E-state index >= 15 is 0 Å². The molecule has 5 nitrogen and oxygen atoms in total. The Labute approximate surface area is 304 Å². The molecule has 0 spiro atoms. The first kappa shape index (κ1) is 29.5. The lowest BCUT2D eigenvalue weighted by Crippen LogP contribution is -1.93. The zero-order valence-corrected chi connectivity index (χ0v) is 28.5. The minimum Gasteiger partial charge on any atom is -0.306 e. The maximum absolute atomic E-state index is 5.26. The summed E-state index contributed by atoms with van der Waals surface area (Å²) < 4.78 is 2.13. The smallest absolute Gasteiger partial charge is 0.146 e. The number of para-hydroxylation sites is 1. The topological polar surface area (TPSA) is 56.0 Å². The van der Waals surface area contributed by atoms with Crippen LogP contribution in [0.1, 0.15) is 0 Å². The summed E-state index contributed by atoms with van der Waals surface area (Å²) in [5, 5.41) is 7.84. The van der Waals surface area contributed by atoms with Gasteiger partial charge in [0.1, 0.15) is 5.65 Å². The predicted molar refractivity (Wildman–Crippen MR) is 218 cm³/mol. The predicted octanol–water partition coefficient (Wildman–Crippen LogP) is 12.0. The van der Waals surface area contributed by atoms with Crippen molar-refractivity contribution in [2.24, 2.45) is 0 Å². The van der Waals surface area contributed by atoms with Crippen LogP contribution in [0.3, 0.4) is 0 Å². The number of hydrogen-bond acceptors (Lipinski definition) is 4. The van der Waals surface area contributed by atoms with E-state index in [9.17, 15) is 0 Å². The number of imidazole rings is 1. The Morgan fingerprint density at radius 3 is 2.06 bits per heavy atom. The van der Waals surface area contributed by atoms with Crippen LogP contribution in [0.2, 0.25) is 0 Å². The van der Waals surface area contributed by atoms with E-state index in [2.05, 4.69) is 155 Å². The van der Waals surface area contributed by atoms with Crippen LogP contribution in [0, 0.1) is 0 Å². The lowest BCUT2D eigenvalue weighted by molar-refractivity contribution is 1.20. The molecular weight excluding hydrogens is 647 g/mol. The molecule has 0 fully saturated rings. The molecule has 11 aromatic rings. The molecule has 0 radical (unpaired) electrons. The van der Waals surface area contributed by atoms with Gasteiger partial charge < -0.3 is 4.40 Å². The Balaban J connectivity index is 1.02. The van der Waals surface area contributed by atoms with E-state index in [1.54, 1.807) is 0 Å². The van der Waals surface area contributed by atoms with Gasteiger partial charge in [-0.15, -0.1) is 0 Å². The van der Waals surface area contributed by atoms with Crippen molar-refractivity contribution in [1.29, 1.82) is 0 Å². The summed E-state index contributed by atoms with van der Waals surface area (Å²) in [7, 11) is 0. The maximum atomic E-state index is 5.26. The number of fused-ring (bicyclic) bond motifs is 9. The van der Waals surface area contributed by atoms with Gasteiger partial charge >= 0.3 is 0 Å². The van der Waals surface area contributed by atoms with Crippen molar-refractivity contribution in [1.82, 2.24) is 24.3 Å². The Kier molecular flexibility index (Phi) is 6.48. The minimum atomic E-state index is 0.927. The fourth-order valence-corrected chi connectivity index (χ4v) is 7.90. The molecule has 246 valence electrons. The third kappa shape index (κ3) is 4.79. The lowest BCUT2D eigenvalue weighted by atomic mass is 9.94. The SMILES string of the molecule is c1ccc(-c2cn3ccc4c(-c5cccc(-c6ccc7cc(-c8cc9cccnc9c9ncccc89)ccc7c6)c5)nc5ccccc5c4c3n2)cc1. The molecule has 0 aliphatic carbocycles. The quantitative estimate of drug-likeness (QED) is 0.174. The van der Waals surface area contributed by atoms with E-state index < -0.39 is 0 Å². The number of nitrogens with zero attached hydrogens (tertiary/aromatic N) is 5. The number of pyridine rings is 4. The normalized spacial score (nSPS) is 11.8. The molecule has 0 bridgehead atoms. The summed E-state index contributed by atoms with van der Waals surface area (Å²) in [5.74, 6) is 0. The third-order valence-corrected chi connectivity index (χ3v) is 10.4. The Morgan fingerprint density at radius 1 is 0.434 bits per heavy atom. The average molecular weight is 676 g/mol. The van der Waals surface area contributed by atoms with Crippen molar-refractivity contribution < 1.29 is 0 Å². The van der Waals surface area contributed by atoms with E-state index in [-0.39, 0.29) is 0 Å². The molecule has 5 heteroatoms. The first-order chi connectivity index (χ1) is 26.2. The van der Waals surface area contributed by atoms with Crippen LogP contribution in [0.5, 0.6) is 0 Å². The first-order valence-corrected chi connectivity index (χ1v) is 17.8. The zero-order chi connectivity index (χ0) is 34.9. The average Bonchev–Trinajstić information content (AvgIpc) is 3.68. The van der Waals surface area contributed by atoms with E-state index in [1.165, 1.54) is 10.8 Å². The third-order valence-electron chi connectivity index (χ3n) is 10.4. The highest BCUT2D eigenvalue weighted by atomic mass is 15.0. The number of benzene rings is 6. The molecule has 0 aliphatic rings. The highest BCUT2D eigenvalue weighted by molar-refractivity contribution is 6.17. The van der Waals surface area contributed by atoms with Gasteiger partial charge in [0.05, 0.1) is 27.9 Å². The molecule has 0 aliphatic heterocycles. The van der Waals surface area contributed by atoms with Crippen LogP contribution >= 0.6 is 0 Å². The fraction of sp³-hybridized carbons (Fsp3) is 0. The Bertz CT molecular complexity index is 3240. The van der Waals surface area contributed by atoms with Gasteiger partial charge in [-0.3, -0.25) is 9.97 Å². The van der Waals surface area contributed by atoms with Gasteiger partial charge in [0, 0.05) is 62.8 Å². The summed E-state index contributed by atoms with van der Waals surface area (Å²) in [6, 6.07) is 53.6. The summed E-state index contributed by atoms with van der Waals surface area (Å²) in [6.45, 7) is 0. The second-order valence-electron chi connectivity index (χ2n) is 13.6. The van der Waals surface area contributed by atoms with Gasteiger partial charge in [-0.25, -0.2) is 9.97 Å². The van der Waals surface area contributed by atoms with Crippen molar-refractivity contribution in [3.05, 3.63) is 176 Å². The fourth-order valence-electron chi connectivity index (χ4n) is 7.90. The largest absolute Gasteiger partial charge is 0.306 e. The molecule has 0 atom stereocenters. The van der Waals surface area contributed by atoms with Crippen LogP contribution in [-0.4, -0.2) is 24.3 Å². The van der Waals surface area contributed by atoms with E-state index in [1.807, 2.05) is 30.6 Å². The van der Waals surface area contributed by atoms with Crippen molar-refractivity contribution in [3.63, 3.8) is 0 Å². The molecule has 0 saturated carbocycles. The zero-order valence-electron chi connectivity index (χ0n) is 28.5. The van der Waals surface area contributed by atoms with E-state index in [4.69, 9.17) is 15.0 Å². The number of aromatic nitrogens is 5. The molecule has 0 saturated heterocycles. The van der Waals surface area contributed by atoms with Gasteiger partial charge in [0.25, 0.3) is 0 Å². The number of rotatable bonds is 4. The van der Waals surface area contributed by atoms with Crippen LogP contribution in [0.4, 0.5) is 0 Å². The second-order valence-corrected chi connectivity index (χ2v) is 13.6.